The third-order valence-corrected chi connectivity index (χ3v) is 3.30. The summed E-state index contributed by atoms with van der Waals surface area (Å²) in [4.78, 5) is 0. The monoisotopic (exact) mass is 201 g/mol. The van der Waals surface area contributed by atoms with Crippen molar-refractivity contribution in [2.24, 2.45) is 5.73 Å². The molecule has 2 rings (SSSR count). The Morgan fingerprint density at radius 1 is 1.43 bits per heavy atom. The van der Waals surface area contributed by atoms with Crippen molar-refractivity contribution < 1.29 is 14.2 Å². The summed E-state index contributed by atoms with van der Waals surface area (Å²) in [5.74, 6) is 0. The lowest BCUT2D eigenvalue weighted by Crippen LogP contribution is -2.43. The second-order valence-electron chi connectivity index (χ2n) is 4.14. The van der Waals surface area contributed by atoms with E-state index in [-0.39, 0.29) is 18.0 Å². The summed E-state index contributed by atoms with van der Waals surface area (Å²) in [6.07, 6.45) is 4.31. The van der Waals surface area contributed by atoms with Crippen LogP contribution in [0, 0.1) is 0 Å². The van der Waals surface area contributed by atoms with Crippen LogP contribution in [0.4, 0.5) is 0 Å². The maximum atomic E-state index is 5.72. The summed E-state index contributed by atoms with van der Waals surface area (Å²) in [5.41, 5.74) is 5.33. The normalized spacial score (nSPS) is 36.4. The quantitative estimate of drug-likeness (QED) is 0.728. The van der Waals surface area contributed by atoms with Crippen LogP contribution in [0.3, 0.4) is 0 Å². The van der Waals surface area contributed by atoms with Gasteiger partial charge in [-0.05, 0) is 12.8 Å². The van der Waals surface area contributed by atoms with Gasteiger partial charge in [0.2, 0.25) is 0 Å². The highest BCUT2D eigenvalue weighted by molar-refractivity contribution is 4.92. The topological polar surface area (TPSA) is 53.7 Å². The number of hydrogen-bond donors (Lipinski definition) is 1. The zero-order chi connectivity index (χ0) is 10.0. The number of rotatable bonds is 3. The van der Waals surface area contributed by atoms with E-state index >= 15 is 0 Å². The first-order valence-corrected chi connectivity index (χ1v) is 5.33. The van der Waals surface area contributed by atoms with Crippen LogP contribution in [0.1, 0.15) is 25.7 Å². The van der Waals surface area contributed by atoms with Gasteiger partial charge in [0, 0.05) is 13.7 Å². The molecule has 14 heavy (non-hydrogen) atoms. The molecular weight excluding hydrogens is 182 g/mol. The Morgan fingerprint density at radius 2 is 2.14 bits per heavy atom. The molecule has 0 amide bonds. The van der Waals surface area contributed by atoms with Gasteiger partial charge in [0.15, 0.2) is 6.29 Å². The van der Waals surface area contributed by atoms with Crippen molar-refractivity contribution in [2.45, 2.75) is 43.7 Å². The van der Waals surface area contributed by atoms with Crippen LogP contribution in [0.15, 0.2) is 0 Å². The summed E-state index contributed by atoms with van der Waals surface area (Å²) in [6, 6.07) is 0. The zero-order valence-electron chi connectivity index (χ0n) is 8.70. The van der Waals surface area contributed by atoms with Gasteiger partial charge in [-0.2, -0.15) is 0 Å². The molecule has 4 nitrogen and oxygen atoms in total. The van der Waals surface area contributed by atoms with Crippen LogP contribution in [-0.4, -0.2) is 38.3 Å². The van der Waals surface area contributed by atoms with Crippen molar-refractivity contribution in [2.75, 3.05) is 20.3 Å². The molecule has 0 spiro atoms. The summed E-state index contributed by atoms with van der Waals surface area (Å²) in [5, 5.41) is 0. The first kappa shape index (κ1) is 10.4. The lowest BCUT2D eigenvalue weighted by Gasteiger charge is -2.32. The first-order chi connectivity index (χ1) is 6.80. The molecule has 2 N–H and O–H groups in total. The van der Waals surface area contributed by atoms with Gasteiger partial charge in [-0.25, -0.2) is 0 Å². The number of ether oxygens (including phenoxy) is 3. The molecule has 2 atom stereocenters. The molecule has 1 saturated carbocycles. The Morgan fingerprint density at radius 3 is 2.64 bits per heavy atom. The van der Waals surface area contributed by atoms with Crippen molar-refractivity contribution in [1.82, 2.24) is 0 Å². The molecule has 0 aromatic heterocycles. The maximum absolute atomic E-state index is 5.72. The van der Waals surface area contributed by atoms with Gasteiger partial charge >= 0.3 is 0 Å². The van der Waals surface area contributed by atoms with Crippen molar-refractivity contribution in [3.05, 3.63) is 0 Å². The molecule has 1 aliphatic carbocycles. The van der Waals surface area contributed by atoms with Gasteiger partial charge in [0.05, 0.1) is 12.7 Å². The molecule has 0 radical (unpaired) electrons. The van der Waals surface area contributed by atoms with Gasteiger partial charge in [-0.3, -0.25) is 0 Å². The van der Waals surface area contributed by atoms with Crippen LogP contribution in [0.25, 0.3) is 0 Å². The van der Waals surface area contributed by atoms with E-state index in [0.29, 0.717) is 13.2 Å². The maximum Gasteiger partial charge on any atom is 0.187 e. The summed E-state index contributed by atoms with van der Waals surface area (Å²) < 4.78 is 16.9. The Balaban J connectivity index is 1.99. The van der Waals surface area contributed by atoms with E-state index in [1.165, 1.54) is 12.8 Å². The molecule has 2 fully saturated rings. The summed E-state index contributed by atoms with van der Waals surface area (Å²) in [7, 11) is 1.74. The smallest absolute Gasteiger partial charge is 0.187 e. The third-order valence-electron chi connectivity index (χ3n) is 3.30. The lowest BCUT2D eigenvalue weighted by molar-refractivity contribution is -0.197. The predicted molar refractivity (Wildman–Crippen MR) is 51.9 cm³/mol. The molecule has 0 bridgehead atoms. The number of methoxy groups -OCH3 is 1. The van der Waals surface area contributed by atoms with E-state index in [9.17, 15) is 0 Å². The zero-order valence-corrected chi connectivity index (χ0v) is 8.70. The van der Waals surface area contributed by atoms with Gasteiger partial charge in [0.1, 0.15) is 5.60 Å². The third kappa shape index (κ3) is 1.67. The second-order valence-corrected chi connectivity index (χ2v) is 4.14. The van der Waals surface area contributed by atoms with Crippen molar-refractivity contribution >= 4 is 0 Å². The van der Waals surface area contributed by atoms with Crippen molar-refractivity contribution in [1.29, 1.82) is 0 Å². The molecule has 4 heteroatoms. The molecule has 1 saturated heterocycles. The van der Waals surface area contributed by atoms with Crippen molar-refractivity contribution in [3.8, 4) is 0 Å². The van der Waals surface area contributed by atoms with Crippen LogP contribution < -0.4 is 5.73 Å². The molecule has 0 aromatic rings. The molecule has 2 aliphatic rings. The van der Waals surface area contributed by atoms with Gasteiger partial charge in [-0.1, -0.05) is 12.8 Å². The average molecular weight is 201 g/mol. The fraction of sp³-hybridized carbons (Fsp3) is 1.00. The SMILES string of the molecule is COC1(C2OCC(CN)O2)CCCC1. The molecule has 82 valence electrons. The minimum absolute atomic E-state index is 0.0487. The molecular formula is C10H19NO3. The minimum Gasteiger partial charge on any atom is -0.373 e. The predicted octanol–water partition coefficient (Wildman–Crippen LogP) is 0.646. The van der Waals surface area contributed by atoms with Gasteiger partial charge in [-0.15, -0.1) is 0 Å². The highest BCUT2D eigenvalue weighted by Crippen LogP contribution is 2.39. The van der Waals surface area contributed by atoms with E-state index in [4.69, 9.17) is 19.9 Å². The lowest BCUT2D eigenvalue weighted by atomic mass is 10.0. The average Bonchev–Trinajstić information content (AvgIpc) is 2.87. The van der Waals surface area contributed by atoms with E-state index in [0.717, 1.165) is 12.8 Å². The second kappa shape index (κ2) is 4.14. The highest BCUT2D eigenvalue weighted by atomic mass is 16.7. The minimum atomic E-state index is -0.205. The Bertz CT molecular complexity index is 192. The number of hydrogen-bond acceptors (Lipinski definition) is 4. The fourth-order valence-electron chi connectivity index (χ4n) is 2.36. The highest BCUT2D eigenvalue weighted by Gasteiger charge is 2.46. The number of nitrogens with two attached hydrogens (primary N) is 1. The van der Waals surface area contributed by atoms with Crippen LogP contribution in [0.2, 0.25) is 0 Å². The molecule has 1 heterocycles. The molecule has 0 aromatic carbocycles. The fourth-order valence-corrected chi connectivity index (χ4v) is 2.36. The summed E-state index contributed by atoms with van der Waals surface area (Å²) in [6.45, 7) is 1.13. The van der Waals surface area contributed by atoms with E-state index in [1.54, 1.807) is 7.11 Å². The Labute approximate surface area is 84.7 Å². The van der Waals surface area contributed by atoms with Crippen LogP contribution in [-0.2, 0) is 14.2 Å². The largest absolute Gasteiger partial charge is 0.373 e. The van der Waals surface area contributed by atoms with Gasteiger partial charge in [0.25, 0.3) is 0 Å². The Hall–Kier alpha value is -0.160. The Kier molecular flexibility index (Phi) is 3.07. The van der Waals surface area contributed by atoms with Crippen LogP contribution >= 0.6 is 0 Å². The van der Waals surface area contributed by atoms with Gasteiger partial charge < -0.3 is 19.9 Å². The summed E-state index contributed by atoms with van der Waals surface area (Å²) >= 11 is 0. The standard InChI is InChI=1S/C10H19NO3/c1-12-10(4-2-3-5-10)9-13-7-8(6-11)14-9/h8-9H,2-7,11H2,1H3. The van der Waals surface area contributed by atoms with E-state index in [1.807, 2.05) is 0 Å². The first-order valence-electron chi connectivity index (χ1n) is 5.33. The molecule has 2 unspecified atom stereocenters. The van der Waals surface area contributed by atoms with E-state index in [2.05, 4.69) is 0 Å². The van der Waals surface area contributed by atoms with Crippen molar-refractivity contribution in [3.63, 3.8) is 0 Å². The van der Waals surface area contributed by atoms with E-state index < -0.39 is 0 Å². The van der Waals surface area contributed by atoms with Crippen LogP contribution in [0.5, 0.6) is 0 Å². The molecule has 1 aliphatic heterocycles.